The SMILES string of the molecule is C=C1C2CCC3C(=O)C(C2)C13. The molecule has 11 heavy (non-hydrogen) atoms. The van der Waals surface area contributed by atoms with Crippen LogP contribution in [-0.2, 0) is 4.79 Å². The van der Waals surface area contributed by atoms with Crippen molar-refractivity contribution in [2.24, 2.45) is 23.7 Å². The molecule has 3 saturated carbocycles. The third-order valence-electron chi connectivity index (χ3n) is 3.92. The highest BCUT2D eigenvalue weighted by Crippen LogP contribution is 2.60. The van der Waals surface area contributed by atoms with Crippen LogP contribution in [0.2, 0.25) is 0 Å². The molecule has 0 aromatic heterocycles. The van der Waals surface area contributed by atoms with Crippen LogP contribution in [0.1, 0.15) is 19.3 Å². The predicted octanol–water partition coefficient (Wildman–Crippen LogP) is 1.79. The molecular formula is C10H12O. The minimum absolute atomic E-state index is 0.409. The molecule has 58 valence electrons. The van der Waals surface area contributed by atoms with E-state index in [4.69, 9.17) is 0 Å². The Hall–Kier alpha value is -0.590. The Morgan fingerprint density at radius 1 is 1.27 bits per heavy atom. The first kappa shape index (κ1) is 5.99. The van der Waals surface area contributed by atoms with Gasteiger partial charge in [-0.1, -0.05) is 12.2 Å². The molecule has 0 amide bonds. The van der Waals surface area contributed by atoms with E-state index in [9.17, 15) is 4.79 Å². The van der Waals surface area contributed by atoms with Crippen LogP contribution in [-0.4, -0.2) is 5.78 Å². The molecule has 0 spiro atoms. The Morgan fingerprint density at radius 3 is 2.91 bits per heavy atom. The van der Waals surface area contributed by atoms with Crippen LogP contribution in [0, 0.1) is 23.7 Å². The van der Waals surface area contributed by atoms with E-state index >= 15 is 0 Å². The van der Waals surface area contributed by atoms with Crippen molar-refractivity contribution in [2.75, 3.05) is 0 Å². The van der Waals surface area contributed by atoms with Crippen molar-refractivity contribution in [2.45, 2.75) is 19.3 Å². The van der Waals surface area contributed by atoms with Crippen LogP contribution in [0.15, 0.2) is 12.2 Å². The number of carbonyl (C=O) groups excluding carboxylic acids is 1. The molecule has 3 rings (SSSR count). The molecule has 3 aliphatic rings. The summed E-state index contributed by atoms with van der Waals surface area (Å²) in [5.74, 6) is 2.72. The average Bonchev–Trinajstić information content (AvgIpc) is 2.25. The third-order valence-corrected chi connectivity index (χ3v) is 3.92. The smallest absolute Gasteiger partial charge is 0.140 e. The zero-order valence-corrected chi connectivity index (χ0v) is 6.55. The lowest BCUT2D eigenvalue weighted by molar-refractivity contribution is -0.139. The van der Waals surface area contributed by atoms with Crippen molar-refractivity contribution in [3.63, 3.8) is 0 Å². The molecule has 0 aliphatic heterocycles. The number of allylic oxidation sites excluding steroid dienone is 1. The topological polar surface area (TPSA) is 17.1 Å². The molecule has 0 aromatic rings. The standard InChI is InChI=1S/C10H12O/c1-5-6-2-3-7-9(5)8(4-6)10(7)11/h6-9H,1-4H2. The third kappa shape index (κ3) is 0.492. The van der Waals surface area contributed by atoms with Gasteiger partial charge in [-0.2, -0.15) is 0 Å². The first-order chi connectivity index (χ1) is 5.29. The molecule has 1 nitrogen and oxygen atoms in total. The molecule has 1 heteroatoms. The van der Waals surface area contributed by atoms with Gasteiger partial charge >= 0.3 is 0 Å². The second-order valence-electron chi connectivity index (χ2n) is 4.23. The number of Topliss-reactive ketones (excluding diaryl/α,β-unsaturated/α-hetero) is 1. The van der Waals surface area contributed by atoms with Crippen molar-refractivity contribution in [1.82, 2.24) is 0 Å². The monoisotopic (exact) mass is 148 g/mol. The number of fused-ring (bicyclic) bond motifs is 1. The quantitative estimate of drug-likeness (QED) is 0.479. The summed E-state index contributed by atoms with van der Waals surface area (Å²) >= 11 is 0. The van der Waals surface area contributed by atoms with Gasteiger partial charge in [0, 0.05) is 11.8 Å². The fourth-order valence-corrected chi connectivity index (χ4v) is 3.31. The van der Waals surface area contributed by atoms with E-state index in [1.54, 1.807) is 0 Å². The minimum atomic E-state index is 0.409. The first-order valence-corrected chi connectivity index (χ1v) is 4.51. The number of carbonyl (C=O) groups is 1. The summed E-state index contributed by atoms with van der Waals surface area (Å²) in [5, 5.41) is 0. The highest BCUT2D eigenvalue weighted by Gasteiger charge is 2.58. The Balaban J connectivity index is 2.07. The van der Waals surface area contributed by atoms with Crippen molar-refractivity contribution < 1.29 is 4.79 Å². The van der Waals surface area contributed by atoms with Crippen molar-refractivity contribution in [3.8, 4) is 0 Å². The molecule has 0 heterocycles. The molecule has 4 unspecified atom stereocenters. The van der Waals surface area contributed by atoms with Crippen molar-refractivity contribution >= 4 is 5.78 Å². The van der Waals surface area contributed by atoms with E-state index in [-0.39, 0.29) is 0 Å². The van der Waals surface area contributed by atoms with E-state index in [0.29, 0.717) is 29.5 Å². The summed E-state index contributed by atoms with van der Waals surface area (Å²) in [6, 6.07) is 0. The number of hydrogen-bond acceptors (Lipinski definition) is 1. The summed E-state index contributed by atoms with van der Waals surface area (Å²) in [6.45, 7) is 4.10. The lowest BCUT2D eigenvalue weighted by atomic mass is 9.61. The molecule has 0 radical (unpaired) electrons. The van der Waals surface area contributed by atoms with Gasteiger partial charge < -0.3 is 0 Å². The summed E-state index contributed by atoms with van der Waals surface area (Å²) in [6.07, 6.45) is 3.53. The fraction of sp³-hybridized carbons (Fsp3) is 0.700. The zero-order valence-electron chi connectivity index (χ0n) is 6.55. The normalized spacial score (nSPS) is 52.7. The van der Waals surface area contributed by atoms with Crippen LogP contribution in [0.5, 0.6) is 0 Å². The minimum Gasteiger partial charge on any atom is -0.299 e. The highest BCUT2D eigenvalue weighted by atomic mass is 16.1. The second kappa shape index (κ2) is 1.60. The average molecular weight is 148 g/mol. The van der Waals surface area contributed by atoms with Gasteiger partial charge in [0.2, 0.25) is 0 Å². The van der Waals surface area contributed by atoms with Gasteiger partial charge in [0.25, 0.3) is 0 Å². The number of ketones is 1. The van der Waals surface area contributed by atoms with Gasteiger partial charge in [-0.25, -0.2) is 0 Å². The second-order valence-corrected chi connectivity index (χ2v) is 4.23. The van der Waals surface area contributed by atoms with Crippen molar-refractivity contribution in [3.05, 3.63) is 12.2 Å². The Kier molecular flexibility index (Phi) is 0.869. The van der Waals surface area contributed by atoms with Crippen LogP contribution in [0.4, 0.5) is 0 Å². The van der Waals surface area contributed by atoms with Gasteiger partial charge in [0.15, 0.2) is 0 Å². The molecule has 2 bridgehead atoms. The van der Waals surface area contributed by atoms with Gasteiger partial charge in [0.05, 0.1) is 0 Å². The van der Waals surface area contributed by atoms with Crippen LogP contribution in [0.25, 0.3) is 0 Å². The zero-order chi connectivity index (χ0) is 7.59. The largest absolute Gasteiger partial charge is 0.299 e. The van der Waals surface area contributed by atoms with E-state index in [1.807, 2.05) is 0 Å². The summed E-state index contributed by atoms with van der Waals surface area (Å²) in [5.41, 5.74) is 1.41. The lowest BCUT2D eigenvalue weighted by Gasteiger charge is -2.40. The van der Waals surface area contributed by atoms with Crippen molar-refractivity contribution in [1.29, 1.82) is 0 Å². The molecule has 3 aliphatic carbocycles. The van der Waals surface area contributed by atoms with Crippen LogP contribution >= 0.6 is 0 Å². The van der Waals surface area contributed by atoms with E-state index < -0.39 is 0 Å². The van der Waals surface area contributed by atoms with Gasteiger partial charge in [-0.05, 0) is 31.1 Å². The number of hydrogen-bond donors (Lipinski definition) is 0. The summed E-state index contributed by atoms with van der Waals surface area (Å²) < 4.78 is 0. The maximum absolute atomic E-state index is 11.4. The first-order valence-electron chi connectivity index (χ1n) is 4.51. The molecule has 3 fully saturated rings. The van der Waals surface area contributed by atoms with Crippen LogP contribution in [0.3, 0.4) is 0 Å². The highest BCUT2D eigenvalue weighted by molar-refractivity contribution is 5.92. The van der Waals surface area contributed by atoms with E-state index in [0.717, 1.165) is 12.8 Å². The van der Waals surface area contributed by atoms with Gasteiger partial charge in [-0.15, -0.1) is 0 Å². The molecule has 4 atom stereocenters. The fourth-order valence-electron chi connectivity index (χ4n) is 3.31. The summed E-state index contributed by atoms with van der Waals surface area (Å²) in [7, 11) is 0. The maximum atomic E-state index is 11.4. The maximum Gasteiger partial charge on any atom is 0.140 e. The van der Waals surface area contributed by atoms with E-state index in [1.165, 1.54) is 12.0 Å². The number of rotatable bonds is 0. The Morgan fingerprint density at radius 2 is 2.09 bits per heavy atom. The summed E-state index contributed by atoms with van der Waals surface area (Å²) in [4.78, 5) is 11.4. The molecule has 0 saturated heterocycles. The molecular weight excluding hydrogens is 136 g/mol. The van der Waals surface area contributed by atoms with Gasteiger partial charge in [-0.3, -0.25) is 4.79 Å². The predicted molar refractivity (Wildman–Crippen MR) is 42.0 cm³/mol. The lowest BCUT2D eigenvalue weighted by Crippen LogP contribution is -2.45. The Bertz CT molecular complexity index is 246. The van der Waals surface area contributed by atoms with Gasteiger partial charge in [0.1, 0.15) is 5.78 Å². The molecule has 0 N–H and O–H groups in total. The molecule has 0 aromatic carbocycles. The Labute approximate surface area is 66.5 Å². The van der Waals surface area contributed by atoms with Crippen LogP contribution < -0.4 is 0 Å². The van der Waals surface area contributed by atoms with E-state index in [2.05, 4.69) is 6.58 Å².